The molecule has 17 heavy (non-hydrogen) atoms. The van der Waals surface area contributed by atoms with Crippen LogP contribution in [0.15, 0.2) is 53.4 Å². The third-order valence-corrected chi connectivity index (χ3v) is 2.99. The maximum Gasteiger partial charge on any atom is 0.257 e. The van der Waals surface area contributed by atoms with Gasteiger partial charge in [-0.2, -0.15) is 0 Å². The Balaban J connectivity index is 2.24. The van der Waals surface area contributed by atoms with Crippen LogP contribution in [0.4, 0.5) is 5.69 Å². The van der Waals surface area contributed by atoms with Gasteiger partial charge in [0.05, 0.1) is 16.3 Å². The van der Waals surface area contributed by atoms with E-state index in [1.54, 1.807) is 30.3 Å². The quantitative estimate of drug-likeness (QED) is 0.791. The number of benzene rings is 2. The van der Waals surface area contributed by atoms with Gasteiger partial charge < -0.3 is 5.32 Å². The van der Waals surface area contributed by atoms with Crippen LogP contribution < -0.4 is 5.32 Å². The molecule has 0 aliphatic rings. The summed E-state index contributed by atoms with van der Waals surface area (Å²) in [6.07, 6.45) is 0. The first-order chi connectivity index (χ1) is 8.18. The number of thiol groups is 1. The van der Waals surface area contributed by atoms with Gasteiger partial charge in [0, 0.05) is 4.90 Å². The highest BCUT2D eigenvalue weighted by atomic mass is 35.5. The van der Waals surface area contributed by atoms with E-state index in [1.165, 1.54) is 0 Å². The second-order valence-corrected chi connectivity index (χ2v) is 4.34. The van der Waals surface area contributed by atoms with Gasteiger partial charge in [-0.15, -0.1) is 12.6 Å². The Hall–Kier alpha value is -1.45. The molecular formula is C13H10ClNOS. The molecule has 0 radical (unpaired) electrons. The summed E-state index contributed by atoms with van der Waals surface area (Å²) in [5.74, 6) is -0.239. The molecule has 0 spiro atoms. The summed E-state index contributed by atoms with van der Waals surface area (Å²) < 4.78 is 0. The second kappa shape index (κ2) is 5.25. The highest BCUT2D eigenvalue weighted by molar-refractivity contribution is 7.80. The number of nitrogens with one attached hydrogen (secondary N) is 1. The van der Waals surface area contributed by atoms with Crippen molar-refractivity contribution >= 4 is 35.8 Å². The zero-order valence-electron chi connectivity index (χ0n) is 8.85. The van der Waals surface area contributed by atoms with E-state index >= 15 is 0 Å². The van der Waals surface area contributed by atoms with Crippen LogP contribution in [-0.2, 0) is 0 Å². The van der Waals surface area contributed by atoms with Crippen LogP contribution in [0, 0.1) is 0 Å². The molecule has 2 aromatic rings. The zero-order valence-corrected chi connectivity index (χ0v) is 10.5. The van der Waals surface area contributed by atoms with E-state index in [0.29, 0.717) is 21.2 Å². The van der Waals surface area contributed by atoms with Gasteiger partial charge in [-0.05, 0) is 24.3 Å². The molecule has 1 amide bonds. The Morgan fingerprint density at radius 2 is 1.71 bits per heavy atom. The maximum absolute atomic E-state index is 12.0. The fourth-order valence-electron chi connectivity index (χ4n) is 1.41. The standard InChI is InChI=1S/C13H10ClNOS/c14-10-6-2-1-5-9(10)13(16)15-11-7-3-4-8-12(11)17/h1-8,17H,(H,15,16). The first-order valence-corrected chi connectivity index (χ1v) is 5.85. The largest absolute Gasteiger partial charge is 0.321 e. The number of para-hydroxylation sites is 1. The molecule has 2 rings (SSSR count). The number of anilines is 1. The number of amides is 1. The average molecular weight is 264 g/mol. The van der Waals surface area contributed by atoms with Gasteiger partial charge >= 0.3 is 0 Å². The summed E-state index contributed by atoms with van der Waals surface area (Å²) in [6, 6.07) is 14.2. The Kier molecular flexibility index (Phi) is 3.71. The van der Waals surface area contributed by atoms with Gasteiger partial charge in [0.25, 0.3) is 5.91 Å². The molecule has 0 aromatic heterocycles. The SMILES string of the molecule is O=C(Nc1ccccc1S)c1ccccc1Cl. The first-order valence-electron chi connectivity index (χ1n) is 5.02. The highest BCUT2D eigenvalue weighted by Gasteiger charge is 2.10. The molecule has 0 saturated carbocycles. The van der Waals surface area contributed by atoms with E-state index in [0.717, 1.165) is 0 Å². The highest BCUT2D eigenvalue weighted by Crippen LogP contribution is 2.21. The molecule has 0 saturated heterocycles. The molecule has 0 atom stereocenters. The predicted octanol–water partition coefficient (Wildman–Crippen LogP) is 3.88. The van der Waals surface area contributed by atoms with Crippen LogP contribution in [-0.4, -0.2) is 5.91 Å². The maximum atomic E-state index is 12.0. The third kappa shape index (κ3) is 2.81. The van der Waals surface area contributed by atoms with Gasteiger partial charge in [0.15, 0.2) is 0 Å². The van der Waals surface area contributed by atoms with E-state index < -0.39 is 0 Å². The van der Waals surface area contributed by atoms with Gasteiger partial charge in [-0.3, -0.25) is 4.79 Å². The summed E-state index contributed by atoms with van der Waals surface area (Å²) in [6.45, 7) is 0. The molecule has 0 aliphatic heterocycles. The van der Waals surface area contributed by atoms with Crippen molar-refractivity contribution in [3.05, 3.63) is 59.1 Å². The summed E-state index contributed by atoms with van der Waals surface area (Å²) in [5.41, 5.74) is 1.12. The summed E-state index contributed by atoms with van der Waals surface area (Å²) in [5, 5.41) is 3.20. The molecule has 1 N–H and O–H groups in total. The molecule has 86 valence electrons. The smallest absolute Gasteiger partial charge is 0.257 e. The van der Waals surface area contributed by atoms with Crippen molar-refractivity contribution in [1.29, 1.82) is 0 Å². The molecule has 0 heterocycles. The lowest BCUT2D eigenvalue weighted by Gasteiger charge is -2.08. The number of hydrogen-bond donors (Lipinski definition) is 2. The van der Waals surface area contributed by atoms with Crippen molar-refractivity contribution < 1.29 is 4.79 Å². The minimum Gasteiger partial charge on any atom is -0.321 e. The third-order valence-electron chi connectivity index (χ3n) is 2.27. The average Bonchev–Trinajstić information content (AvgIpc) is 2.32. The Morgan fingerprint density at radius 3 is 2.41 bits per heavy atom. The summed E-state index contributed by atoms with van der Waals surface area (Å²) >= 11 is 10.2. The Bertz CT molecular complexity index is 557. The number of halogens is 1. The van der Waals surface area contributed by atoms with Crippen molar-refractivity contribution in [2.45, 2.75) is 4.90 Å². The lowest BCUT2D eigenvalue weighted by Crippen LogP contribution is -2.12. The Morgan fingerprint density at radius 1 is 1.06 bits per heavy atom. The lowest BCUT2D eigenvalue weighted by molar-refractivity contribution is 0.102. The zero-order chi connectivity index (χ0) is 12.3. The molecular weight excluding hydrogens is 254 g/mol. The molecule has 0 aliphatic carbocycles. The van der Waals surface area contributed by atoms with E-state index in [2.05, 4.69) is 17.9 Å². The molecule has 2 aromatic carbocycles. The van der Waals surface area contributed by atoms with Gasteiger partial charge in [-0.1, -0.05) is 35.9 Å². The van der Waals surface area contributed by atoms with Crippen LogP contribution in [0.2, 0.25) is 5.02 Å². The van der Waals surface area contributed by atoms with Gasteiger partial charge in [-0.25, -0.2) is 0 Å². The van der Waals surface area contributed by atoms with Crippen molar-refractivity contribution in [3.8, 4) is 0 Å². The van der Waals surface area contributed by atoms with Crippen LogP contribution in [0.25, 0.3) is 0 Å². The second-order valence-electron chi connectivity index (χ2n) is 3.45. The fourth-order valence-corrected chi connectivity index (χ4v) is 1.85. The van der Waals surface area contributed by atoms with Crippen molar-refractivity contribution in [1.82, 2.24) is 0 Å². The van der Waals surface area contributed by atoms with Gasteiger partial charge in [0.1, 0.15) is 0 Å². The van der Waals surface area contributed by atoms with E-state index in [1.807, 2.05) is 18.2 Å². The predicted molar refractivity (Wildman–Crippen MR) is 73.1 cm³/mol. The van der Waals surface area contributed by atoms with Gasteiger partial charge in [0.2, 0.25) is 0 Å². The minimum absolute atomic E-state index is 0.239. The van der Waals surface area contributed by atoms with Crippen LogP contribution in [0.5, 0.6) is 0 Å². The molecule has 2 nitrogen and oxygen atoms in total. The number of carbonyl (C=O) groups excluding carboxylic acids is 1. The van der Waals surface area contributed by atoms with E-state index in [9.17, 15) is 4.79 Å². The van der Waals surface area contributed by atoms with E-state index in [4.69, 9.17) is 11.6 Å². The van der Waals surface area contributed by atoms with E-state index in [-0.39, 0.29) is 5.91 Å². The normalized spacial score (nSPS) is 10.0. The molecule has 0 fully saturated rings. The van der Waals surface area contributed by atoms with Crippen LogP contribution in [0.3, 0.4) is 0 Å². The number of carbonyl (C=O) groups is 1. The minimum atomic E-state index is -0.239. The first kappa shape index (κ1) is 12.0. The number of hydrogen-bond acceptors (Lipinski definition) is 2. The summed E-state index contributed by atoms with van der Waals surface area (Å²) in [7, 11) is 0. The van der Waals surface area contributed by atoms with Crippen LogP contribution in [0.1, 0.15) is 10.4 Å². The topological polar surface area (TPSA) is 29.1 Å². The lowest BCUT2D eigenvalue weighted by atomic mass is 10.2. The molecule has 4 heteroatoms. The van der Waals surface area contributed by atoms with Crippen molar-refractivity contribution in [2.24, 2.45) is 0 Å². The monoisotopic (exact) mass is 263 g/mol. The molecule has 0 bridgehead atoms. The van der Waals surface area contributed by atoms with Crippen molar-refractivity contribution in [2.75, 3.05) is 5.32 Å². The molecule has 0 unspecified atom stereocenters. The van der Waals surface area contributed by atoms with Crippen LogP contribution >= 0.6 is 24.2 Å². The number of rotatable bonds is 2. The van der Waals surface area contributed by atoms with Crippen molar-refractivity contribution in [3.63, 3.8) is 0 Å². The fraction of sp³-hybridized carbons (Fsp3) is 0. The Labute approximate surface area is 110 Å². The summed E-state index contributed by atoms with van der Waals surface area (Å²) in [4.78, 5) is 12.7.